The van der Waals surface area contributed by atoms with Crippen molar-refractivity contribution in [3.63, 3.8) is 0 Å². The fourth-order valence-corrected chi connectivity index (χ4v) is 3.05. The highest BCUT2D eigenvalue weighted by molar-refractivity contribution is 5.76. The molecule has 4 rings (SSSR count). The van der Waals surface area contributed by atoms with Crippen LogP contribution in [0.1, 0.15) is 11.3 Å². The summed E-state index contributed by atoms with van der Waals surface area (Å²) in [7, 11) is 3.24. The molecule has 0 spiro atoms. The Balaban J connectivity index is 1.56. The van der Waals surface area contributed by atoms with E-state index in [0.717, 1.165) is 16.9 Å². The van der Waals surface area contributed by atoms with Gasteiger partial charge in [-0.05, 0) is 29.8 Å². The third kappa shape index (κ3) is 4.60. The summed E-state index contributed by atoms with van der Waals surface area (Å²) in [5, 5.41) is 19.2. The van der Waals surface area contributed by atoms with Crippen LogP contribution in [0.25, 0.3) is 11.3 Å². The number of nitrogens with zero attached hydrogens (tertiary/aromatic N) is 4. The van der Waals surface area contributed by atoms with Crippen molar-refractivity contribution in [1.29, 1.82) is 5.26 Å². The van der Waals surface area contributed by atoms with E-state index in [1.54, 1.807) is 14.2 Å². The lowest BCUT2D eigenvalue weighted by atomic mass is 10.1. The van der Waals surface area contributed by atoms with Crippen LogP contribution in [-0.4, -0.2) is 34.4 Å². The molecule has 0 radical (unpaired) electrons. The third-order valence-corrected chi connectivity index (χ3v) is 4.63. The highest BCUT2D eigenvalue weighted by atomic mass is 16.5. The molecule has 0 aliphatic rings. The van der Waals surface area contributed by atoms with Gasteiger partial charge in [0.2, 0.25) is 0 Å². The maximum absolute atomic E-state index is 8.84. The summed E-state index contributed by atoms with van der Waals surface area (Å²) in [5.41, 5.74) is 2.70. The topological polar surface area (TPSA) is 118 Å². The van der Waals surface area contributed by atoms with Gasteiger partial charge in [0.05, 0.1) is 37.9 Å². The van der Waals surface area contributed by atoms with Crippen LogP contribution in [0.3, 0.4) is 0 Å². The first-order chi connectivity index (χ1) is 15.7. The first kappa shape index (κ1) is 20.7. The number of rotatable bonds is 8. The van der Waals surface area contributed by atoms with Crippen LogP contribution in [-0.2, 0) is 6.61 Å². The molecule has 160 valence electrons. The first-order valence-corrected chi connectivity index (χ1v) is 9.68. The van der Waals surface area contributed by atoms with Gasteiger partial charge in [0.1, 0.15) is 35.7 Å². The Morgan fingerprint density at radius 3 is 2.47 bits per heavy atom. The van der Waals surface area contributed by atoms with Gasteiger partial charge in [0.15, 0.2) is 11.5 Å². The first-order valence-electron chi connectivity index (χ1n) is 9.68. The average Bonchev–Trinajstić information content (AvgIpc) is 3.31. The van der Waals surface area contributed by atoms with E-state index in [4.69, 9.17) is 19.5 Å². The maximum atomic E-state index is 8.84. The van der Waals surface area contributed by atoms with Crippen LogP contribution in [0, 0.1) is 11.3 Å². The minimum Gasteiger partial charge on any atom is -0.497 e. The van der Waals surface area contributed by atoms with Crippen molar-refractivity contribution in [3.05, 3.63) is 72.2 Å². The molecule has 2 N–H and O–H groups in total. The number of aromatic nitrogens is 4. The van der Waals surface area contributed by atoms with Crippen molar-refractivity contribution in [3.8, 4) is 34.6 Å². The normalized spacial score (nSPS) is 10.3. The van der Waals surface area contributed by atoms with Gasteiger partial charge in [-0.1, -0.05) is 18.2 Å². The van der Waals surface area contributed by atoms with Crippen LogP contribution < -0.4 is 19.5 Å². The molecule has 2 aromatic carbocycles. The minimum absolute atomic E-state index is 0.242. The zero-order chi connectivity index (χ0) is 22.3. The Kier molecular flexibility index (Phi) is 6.13. The van der Waals surface area contributed by atoms with Gasteiger partial charge in [-0.2, -0.15) is 10.4 Å². The van der Waals surface area contributed by atoms with E-state index in [-0.39, 0.29) is 5.69 Å². The summed E-state index contributed by atoms with van der Waals surface area (Å²) in [4.78, 5) is 8.14. The number of benzene rings is 2. The molecule has 0 saturated heterocycles. The second-order valence-corrected chi connectivity index (χ2v) is 6.66. The van der Waals surface area contributed by atoms with Crippen molar-refractivity contribution in [2.75, 3.05) is 19.5 Å². The van der Waals surface area contributed by atoms with Gasteiger partial charge < -0.3 is 19.5 Å². The second-order valence-electron chi connectivity index (χ2n) is 6.66. The van der Waals surface area contributed by atoms with Gasteiger partial charge in [0, 0.05) is 6.07 Å². The molecule has 2 heterocycles. The Morgan fingerprint density at radius 2 is 1.78 bits per heavy atom. The average molecular weight is 428 g/mol. The number of hydrogen-bond acceptors (Lipinski definition) is 8. The Morgan fingerprint density at radius 1 is 0.969 bits per heavy atom. The molecule has 32 heavy (non-hydrogen) atoms. The van der Waals surface area contributed by atoms with E-state index in [9.17, 15) is 0 Å². The van der Waals surface area contributed by atoms with E-state index in [1.165, 1.54) is 12.4 Å². The Labute approximate surface area is 184 Å². The van der Waals surface area contributed by atoms with Gasteiger partial charge in [-0.25, -0.2) is 9.97 Å². The molecule has 0 aliphatic carbocycles. The number of aromatic amines is 1. The largest absolute Gasteiger partial charge is 0.497 e. The molecule has 2 aromatic heterocycles. The number of nitrogens with one attached hydrogen (secondary N) is 2. The number of H-pyrrole nitrogens is 1. The lowest BCUT2D eigenvalue weighted by Gasteiger charge is -2.14. The molecule has 4 aromatic rings. The molecular weight excluding hydrogens is 408 g/mol. The van der Waals surface area contributed by atoms with Crippen molar-refractivity contribution in [2.45, 2.75) is 6.61 Å². The van der Waals surface area contributed by atoms with E-state index < -0.39 is 0 Å². The zero-order valence-electron chi connectivity index (χ0n) is 17.5. The van der Waals surface area contributed by atoms with Crippen LogP contribution in [0.2, 0.25) is 0 Å². The van der Waals surface area contributed by atoms with E-state index in [0.29, 0.717) is 35.4 Å². The number of hydrogen-bond donors (Lipinski definition) is 2. The quantitative estimate of drug-likeness (QED) is 0.431. The van der Waals surface area contributed by atoms with Crippen molar-refractivity contribution < 1.29 is 14.2 Å². The smallest absolute Gasteiger partial charge is 0.158 e. The molecule has 0 amide bonds. The lowest BCUT2D eigenvalue weighted by Crippen LogP contribution is -1.99. The van der Waals surface area contributed by atoms with E-state index in [1.807, 2.05) is 54.6 Å². The summed E-state index contributed by atoms with van der Waals surface area (Å²) in [6.07, 6.45) is 2.86. The zero-order valence-corrected chi connectivity index (χ0v) is 17.5. The van der Waals surface area contributed by atoms with Crippen LogP contribution >= 0.6 is 0 Å². The van der Waals surface area contributed by atoms with E-state index in [2.05, 4.69) is 25.5 Å². The number of methoxy groups -OCH3 is 2. The highest BCUT2D eigenvalue weighted by Gasteiger charge is 2.16. The fourth-order valence-electron chi connectivity index (χ4n) is 3.05. The number of anilines is 2. The molecule has 0 aliphatic heterocycles. The predicted molar refractivity (Wildman–Crippen MR) is 118 cm³/mol. The molecule has 0 unspecified atom stereocenters. The standard InChI is InChI=1S/C23H20N6O3/c1-30-17-8-6-15(7-9-17)14-32-20-5-3-4-19(31-2)23(20)18-10-21(29-28-18)27-22-13-25-16(11-24)12-26-22/h3-10,12-13H,14H2,1-2H3,(H2,26,27,28,29). The molecule has 9 heteroatoms. The fraction of sp³-hybridized carbons (Fsp3) is 0.130. The predicted octanol–water partition coefficient (Wildman–Crippen LogP) is 4.08. The van der Waals surface area contributed by atoms with E-state index >= 15 is 0 Å². The Bertz CT molecular complexity index is 1230. The monoisotopic (exact) mass is 428 g/mol. The van der Waals surface area contributed by atoms with Gasteiger partial charge in [-0.15, -0.1) is 0 Å². The lowest BCUT2D eigenvalue weighted by molar-refractivity contribution is 0.305. The molecule has 0 fully saturated rings. The van der Waals surface area contributed by atoms with Crippen LogP contribution in [0.4, 0.5) is 11.6 Å². The summed E-state index contributed by atoms with van der Waals surface area (Å²) < 4.78 is 16.9. The summed E-state index contributed by atoms with van der Waals surface area (Å²) in [6, 6.07) is 17.0. The van der Waals surface area contributed by atoms with Gasteiger partial charge in [0.25, 0.3) is 0 Å². The van der Waals surface area contributed by atoms with Crippen LogP contribution in [0.5, 0.6) is 17.2 Å². The molecule has 0 bridgehead atoms. The molecule has 9 nitrogen and oxygen atoms in total. The summed E-state index contributed by atoms with van der Waals surface area (Å²) in [6.45, 7) is 0.379. The third-order valence-electron chi connectivity index (χ3n) is 4.63. The molecule has 0 saturated carbocycles. The molecule has 0 atom stereocenters. The van der Waals surface area contributed by atoms with Gasteiger partial charge >= 0.3 is 0 Å². The van der Waals surface area contributed by atoms with Crippen molar-refractivity contribution >= 4 is 11.6 Å². The second kappa shape index (κ2) is 9.49. The van der Waals surface area contributed by atoms with Gasteiger partial charge in [-0.3, -0.25) is 5.10 Å². The highest BCUT2D eigenvalue weighted by Crippen LogP contribution is 2.38. The van der Waals surface area contributed by atoms with Crippen molar-refractivity contribution in [2.24, 2.45) is 0 Å². The number of nitriles is 1. The van der Waals surface area contributed by atoms with Crippen LogP contribution in [0.15, 0.2) is 60.9 Å². The van der Waals surface area contributed by atoms with Crippen molar-refractivity contribution in [1.82, 2.24) is 20.2 Å². The SMILES string of the molecule is COc1ccc(COc2cccc(OC)c2-c2cc(Nc3cnc(C#N)cn3)n[nH]2)cc1. The Hall–Kier alpha value is -4.58. The minimum atomic E-state index is 0.242. The summed E-state index contributed by atoms with van der Waals surface area (Å²) in [5.74, 6) is 3.09. The number of ether oxygens (including phenoxy) is 3. The molecular formula is C23H20N6O3. The summed E-state index contributed by atoms with van der Waals surface area (Å²) >= 11 is 0. The maximum Gasteiger partial charge on any atom is 0.158 e.